The lowest BCUT2D eigenvalue weighted by Gasteiger charge is -2.09. The molecule has 15 heavy (non-hydrogen) atoms. The molecule has 1 aliphatic heterocycles. The lowest BCUT2D eigenvalue weighted by atomic mass is 10.2. The third-order valence-electron chi connectivity index (χ3n) is 2.97. The highest BCUT2D eigenvalue weighted by molar-refractivity contribution is 8.00. The van der Waals surface area contributed by atoms with Crippen molar-refractivity contribution in [1.29, 1.82) is 0 Å². The predicted octanol–water partition coefficient (Wildman–Crippen LogP) is 0.719. The number of amides is 1. The highest BCUT2D eigenvalue weighted by atomic mass is 32.2. The van der Waals surface area contributed by atoms with E-state index in [0.717, 1.165) is 6.42 Å². The Morgan fingerprint density at radius 2 is 2.20 bits per heavy atom. The molecule has 0 bridgehead atoms. The Kier molecular flexibility index (Phi) is 3.19. The molecule has 0 radical (unpaired) electrons. The Morgan fingerprint density at radius 3 is 2.73 bits per heavy atom. The summed E-state index contributed by atoms with van der Waals surface area (Å²) in [5.41, 5.74) is 0. The van der Waals surface area contributed by atoms with Crippen molar-refractivity contribution in [3.05, 3.63) is 0 Å². The van der Waals surface area contributed by atoms with Crippen molar-refractivity contribution in [2.24, 2.45) is 11.8 Å². The second-order valence-electron chi connectivity index (χ2n) is 4.17. The largest absolute Gasteiger partial charge is 0.481 e. The fourth-order valence-electron chi connectivity index (χ4n) is 1.91. The minimum atomic E-state index is -0.842. The third-order valence-corrected chi connectivity index (χ3v) is 4.37. The maximum Gasteiger partial charge on any atom is 0.307 e. The van der Waals surface area contributed by atoms with Gasteiger partial charge in [-0.1, -0.05) is 0 Å². The lowest BCUT2D eigenvalue weighted by molar-refractivity contribution is -0.140. The van der Waals surface area contributed by atoms with E-state index < -0.39 is 11.9 Å². The Labute approximate surface area is 92.8 Å². The van der Waals surface area contributed by atoms with Crippen LogP contribution in [-0.4, -0.2) is 34.5 Å². The molecule has 3 unspecified atom stereocenters. The van der Waals surface area contributed by atoms with E-state index in [0.29, 0.717) is 18.2 Å². The second kappa shape index (κ2) is 4.43. The molecule has 1 saturated carbocycles. The topological polar surface area (TPSA) is 66.4 Å². The van der Waals surface area contributed by atoms with Crippen molar-refractivity contribution < 1.29 is 14.7 Å². The molecule has 0 aromatic heterocycles. The van der Waals surface area contributed by atoms with Gasteiger partial charge in [0.1, 0.15) is 0 Å². The Balaban J connectivity index is 1.67. The highest BCUT2D eigenvalue weighted by Crippen LogP contribution is 2.38. The van der Waals surface area contributed by atoms with E-state index in [9.17, 15) is 9.59 Å². The van der Waals surface area contributed by atoms with Crippen LogP contribution in [0.5, 0.6) is 0 Å². The minimum Gasteiger partial charge on any atom is -0.481 e. The number of hydrogen-bond acceptors (Lipinski definition) is 3. The maximum atomic E-state index is 11.5. The molecular weight excluding hydrogens is 214 g/mol. The van der Waals surface area contributed by atoms with Gasteiger partial charge in [-0.25, -0.2) is 0 Å². The Hall–Kier alpha value is -0.710. The Morgan fingerprint density at radius 1 is 1.40 bits per heavy atom. The van der Waals surface area contributed by atoms with E-state index in [1.54, 1.807) is 0 Å². The van der Waals surface area contributed by atoms with E-state index >= 15 is 0 Å². The number of carbonyl (C=O) groups excluding carboxylic acids is 1. The van der Waals surface area contributed by atoms with Gasteiger partial charge < -0.3 is 10.4 Å². The molecule has 0 aromatic carbocycles. The van der Waals surface area contributed by atoms with Crippen LogP contribution in [-0.2, 0) is 9.59 Å². The first-order valence-electron chi connectivity index (χ1n) is 5.30. The monoisotopic (exact) mass is 229 g/mol. The molecule has 1 saturated heterocycles. The number of nitrogens with one attached hydrogen (secondary N) is 1. The van der Waals surface area contributed by atoms with Gasteiger partial charge in [0.05, 0.1) is 11.8 Å². The molecule has 84 valence electrons. The number of thioether (sulfide) groups is 1. The van der Waals surface area contributed by atoms with E-state index in [-0.39, 0.29) is 11.8 Å². The molecule has 3 atom stereocenters. The van der Waals surface area contributed by atoms with E-state index in [1.165, 1.54) is 12.2 Å². The molecule has 2 N–H and O–H groups in total. The van der Waals surface area contributed by atoms with Crippen molar-refractivity contribution in [3.8, 4) is 0 Å². The quantitative estimate of drug-likeness (QED) is 0.745. The van der Waals surface area contributed by atoms with Crippen molar-refractivity contribution in [2.75, 3.05) is 12.3 Å². The standard InChI is InChI=1S/C10H15NO3S/c12-9(7-4-8(7)10(13)14)11-5-6-2-1-3-15-6/h6-8H,1-5H2,(H,11,12)(H,13,14). The molecule has 0 spiro atoms. The second-order valence-corrected chi connectivity index (χ2v) is 5.58. The number of carboxylic acid groups (broad SMARTS) is 1. The lowest BCUT2D eigenvalue weighted by Crippen LogP contribution is -2.31. The first-order chi connectivity index (χ1) is 7.18. The van der Waals surface area contributed by atoms with Crippen LogP contribution >= 0.6 is 11.8 Å². The highest BCUT2D eigenvalue weighted by Gasteiger charge is 2.48. The molecule has 0 aromatic rings. The fraction of sp³-hybridized carbons (Fsp3) is 0.800. The summed E-state index contributed by atoms with van der Waals surface area (Å²) in [6, 6.07) is 0. The van der Waals surface area contributed by atoms with Crippen molar-refractivity contribution >= 4 is 23.6 Å². The summed E-state index contributed by atoms with van der Waals surface area (Å²) in [5.74, 6) is -0.433. The van der Waals surface area contributed by atoms with Gasteiger partial charge in [-0.3, -0.25) is 9.59 Å². The van der Waals surface area contributed by atoms with Crippen LogP contribution in [0, 0.1) is 11.8 Å². The number of carboxylic acids is 1. The van der Waals surface area contributed by atoms with Gasteiger partial charge in [0, 0.05) is 11.8 Å². The molecule has 4 nitrogen and oxygen atoms in total. The predicted molar refractivity (Wildman–Crippen MR) is 57.7 cm³/mol. The van der Waals surface area contributed by atoms with E-state index in [1.807, 2.05) is 11.8 Å². The average molecular weight is 229 g/mol. The van der Waals surface area contributed by atoms with Crippen molar-refractivity contribution in [1.82, 2.24) is 5.32 Å². The number of aliphatic carboxylic acids is 1. The summed E-state index contributed by atoms with van der Waals surface area (Å²) in [7, 11) is 0. The third kappa shape index (κ3) is 2.65. The van der Waals surface area contributed by atoms with Crippen LogP contribution in [0.1, 0.15) is 19.3 Å². The summed E-state index contributed by atoms with van der Waals surface area (Å²) in [5, 5.41) is 12.1. The van der Waals surface area contributed by atoms with Gasteiger partial charge in [-0.05, 0) is 25.0 Å². The van der Waals surface area contributed by atoms with Gasteiger partial charge in [0.2, 0.25) is 5.91 Å². The number of rotatable bonds is 4. The van der Waals surface area contributed by atoms with Crippen molar-refractivity contribution in [3.63, 3.8) is 0 Å². The molecule has 1 heterocycles. The number of carbonyl (C=O) groups is 2. The molecule has 2 fully saturated rings. The van der Waals surface area contributed by atoms with E-state index in [4.69, 9.17) is 5.11 Å². The Bertz CT molecular complexity index is 276. The zero-order valence-corrected chi connectivity index (χ0v) is 9.26. The van der Waals surface area contributed by atoms with E-state index in [2.05, 4.69) is 5.32 Å². The molecule has 1 amide bonds. The van der Waals surface area contributed by atoms with Gasteiger partial charge in [-0.15, -0.1) is 0 Å². The first-order valence-corrected chi connectivity index (χ1v) is 6.35. The SMILES string of the molecule is O=C(O)C1CC1C(=O)NCC1CCCS1. The fourth-order valence-corrected chi connectivity index (χ4v) is 3.11. The maximum absolute atomic E-state index is 11.5. The molecule has 2 aliphatic rings. The zero-order valence-electron chi connectivity index (χ0n) is 8.44. The van der Waals surface area contributed by atoms with Gasteiger partial charge in [0.25, 0.3) is 0 Å². The zero-order chi connectivity index (χ0) is 10.8. The molecular formula is C10H15NO3S. The smallest absolute Gasteiger partial charge is 0.307 e. The van der Waals surface area contributed by atoms with Crippen LogP contribution in [0.15, 0.2) is 0 Å². The van der Waals surface area contributed by atoms with Gasteiger partial charge >= 0.3 is 5.97 Å². The van der Waals surface area contributed by atoms with Gasteiger partial charge in [0.15, 0.2) is 0 Å². The molecule has 2 rings (SSSR count). The van der Waals surface area contributed by atoms with Crippen molar-refractivity contribution in [2.45, 2.75) is 24.5 Å². The van der Waals surface area contributed by atoms with Crippen LogP contribution < -0.4 is 5.32 Å². The summed E-state index contributed by atoms with van der Waals surface area (Å²) in [6.45, 7) is 0.701. The van der Waals surface area contributed by atoms with Crippen LogP contribution in [0.3, 0.4) is 0 Å². The summed E-state index contributed by atoms with van der Waals surface area (Å²) < 4.78 is 0. The average Bonchev–Trinajstić information content (AvgIpc) is 2.85. The molecule has 1 aliphatic carbocycles. The van der Waals surface area contributed by atoms with Crippen LogP contribution in [0.25, 0.3) is 0 Å². The number of hydrogen-bond donors (Lipinski definition) is 2. The van der Waals surface area contributed by atoms with Gasteiger partial charge in [-0.2, -0.15) is 11.8 Å². The van der Waals surface area contributed by atoms with Crippen LogP contribution in [0.4, 0.5) is 0 Å². The minimum absolute atomic E-state index is 0.0742. The molecule has 5 heteroatoms. The van der Waals surface area contributed by atoms with Crippen LogP contribution in [0.2, 0.25) is 0 Å². The normalized spacial score (nSPS) is 33.7. The first kappa shape index (κ1) is 10.8. The summed E-state index contributed by atoms with van der Waals surface area (Å²) in [6.07, 6.45) is 2.91. The summed E-state index contributed by atoms with van der Waals surface area (Å²) >= 11 is 1.89. The summed E-state index contributed by atoms with van der Waals surface area (Å²) in [4.78, 5) is 22.0.